The molecule has 3 heteroatoms. The SMILES string of the molecule is CC1(C)c2cc(N(c3ccc(-c4cccc5c4oc4ccccc45)cc3)c3ccc(-c4cccc5c4sc4ccccc45)cc3)ccc2-c2c(-c3ccccc3)cccc21. The second-order valence-corrected chi connectivity index (χ2v) is 17.5. The molecular weight excluding hydrogens is 747 g/mol. The van der Waals surface area contributed by atoms with Gasteiger partial charge in [-0.05, 0) is 98.6 Å². The second kappa shape index (κ2) is 13.4. The molecule has 0 spiro atoms. The minimum atomic E-state index is -0.181. The lowest BCUT2D eigenvalue weighted by molar-refractivity contribution is 0.660. The molecule has 0 radical (unpaired) electrons. The standard InChI is InChI=1S/C57H39NOS/c1-57(2)50-22-12-17-42(36-13-4-3-5-14-36)54(50)49-34-33-41(35-51(49)57)58(39-29-25-37(26-30-39)43-18-10-20-47-45-15-6-8-23-52(45)59-55(43)47)40-31-27-38(28-32-40)44-19-11-21-48-46-16-7-9-24-53(46)60-56(44)48/h3-35H,1-2H3. The average Bonchev–Trinajstić information content (AvgIpc) is 3.95. The van der Waals surface area contributed by atoms with Gasteiger partial charge in [0.1, 0.15) is 11.2 Å². The Hall–Kier alpha value is -7.20. The number of furan rings is 1. The third-order valence-electron chi connectivity index (χ3n) is 12.7. The first kappa shape index (κ1) is 34.8. The van der Waals surface area contributed by atoms with Gasteiger partial charge in [0.15, 0.2) is 0 Å². The summed E-state index contributed by atoms with van der Waals surface area (Å²) in [5, 5.41) is 4.91. The highest BCUT2D eigenvalue weighted by Crippen LogP contribution is 2.54. The first-order chi connectivity index (χ1) is 29.5. The molecule has 12 rings (SSSR count). The van der Waals surface area contributed by atoms with Gasteiger partial charge in [-0.25, -0.2) is 0 Å². The highest BCUT2D eigenvalue weighted by Gasteiger charge is 2.37. The summed E-state index contributed by atoms with van der Waals surface area (Å²) < 4.78 is 9.11. The van der Waals surface area contributed by atoms with Crippen LogP contribution >= 0.6 is 11.3 Å². The molecule has 0 saturated heterocycles. The summed E-state index contributed by atoms with van der Waals surface area (Å²) in [5.41, 5.74) is 17.5. The first-order valence-corrected chi connectivity index (χ1v) is 21.5. The number of para-hydroxylation sites is 2. The van der Waals surface area contributed by atoms with Crippen molar-refractivity contribution >= 4 is 70.5 Å². The van der Waals surface area contributed by atoms with Crippen molar-refractivity contribution in [1.82, 2.24) is 0 Å². The van der Waals surface area contributed by atoms with Gasteiger partial charge in [0.05, 0.1) is 0 Å². The minimum absolute atomic E-state index is 0.181. The van der Waals surface area contributed by atoms with Gasteiger partial charge in [-0.15, -0.1) is 11.3 Å². The predicted octanol–water partition coefficient (Wildman–Crippen LogP) is 16.7. The van der Waals surface area contributed by atoms with Crippen LogP contribution in [0.5, 0.6) is 0 Å². The summed E-state index contributed by atoms with van der Waals surface area (Å²) in [6, 6.07) is 73.0. The molecule has 1 aliphatic rings. The Labute approximate surface area is 353 Å². The van der Waals surface area contributed by atoms with E-state index >= 15 is 0 Å². The molecule has 1 aliphatic carbocycles. The molecule has 0 bridgehead atoms. The van der Waals surface area contributed by atoms with E-state index in [1.54, 1.807) is 0 Å². The maximum Gasteiger partial charge on any atom is 0.143 e. The molecule has 0 N–H and O–H groups in total. The Kier molecular flexibility index (Phi) is 7.79. The van der Waals surface area contributed by atoms with Crippen LogP contribution in [0.4, 0.5) is 17.1 Å². The van der Waals surface area contributed by atoms with Crippen LogP contribution in [0.2, 0.25) is 0 Å². The summed E-state index contributed by atoms with van der Waals surface area (Å²) in [4.78, 5) is 2.41. The molecule has 11 aromatic rings. The van der Waals surface area contributed by atoms with E-state index in [1.165, 1.54) is 64.7 Å². The number of nitrogens with zero attached hydrogens (tertiary/aromatic N) is 1. The zero-order chi connectivity index (χ0) is 40.0. The van der Waals surface area contributed by atoms with Crippen molar-refractivity contribution in [3.63, 3.8) is 0 Å². The van der Waals surface area contributed by atoms with E-state index in [9.17, 15) is 0 Å². The largest absolute Gasteiger partial charge is 0.455 e. The van der Waals surface area contributed by atoms with Gasteiger partial charge in [-0.2, -0.15) is 0 Å². The first-order valence-electron chi connectivity index (χ1n) is 20.7. The molecule has 0 atom stereocenters. The minimum Gasteiger partial charge on any atom is -0.455 e. The fourth-order valence-corrected chi connectivity index (χ4v) is 11.0. The van der Waals surface area contributed by atoms with Crippen molar-refractivity contribution in [2.24, 2.45) is 0 Å². The Morgan fingerprint density at radius 1 is 0.417 bits per heavy atom. The fraction of sp³-hybridized carbons (Fsp3) is 0.0526. The van der Waals surface area contributed by atoms with E-state index in [-0.39, 0.29) is 5.41 Å². The lowest BCUT2D eigenvalue weighted by atomic mass is 9.81. The average molecular weight is 786 g/mol. The Balaban J connectivity index is 0.993. The van der Waals surface area contributed by atoms with E-state index < -0.39 is 0 Å². The summed E-state index contributed by atoms with van der Waals surface area (Å²) in [6.45, 7) is 4.74. The quantitative estimate of drug-likeness (QED) is 0.167. The van der Waals surface area contributed by atoms with E-state index in [0.717, 1.165) is 50.1 Å². The molecule has 2 aromatic heterocycles. The topological polar surface area (TPSA) is 16.4 Å². The fourth-order valence-electron chi connectivity index (χ4n) is 9.75. The van der Waals surface area contributed by atoms with Crippen LogP contribution in [-0.4, -0.2) is 0 Å². The van der Waals surface area contributed by atoms with Crippen LogP contribution in [0.25, 0.3) is 86.6 Å². The van der Waals surface area contributed by atoms with Crippen LogP contribution in [0.15, 0.2) is 205 Å². The van der Waals surface area contributed by atoms with Gasteiger partial charge >= 0.3 is 0 Å². The number of rotatable bonds is 6. The molecule has 0 unspecified atom stereocenters. The van der Waals surface area contributed by atoms with Gasteiger partial charge in [0.25, 0.3) is 0 Å². The van der Waals surface area contributed by atoms with Gasteiger partial charge in [-0.1, -0.05) is 166 Å². The number of fused-ring (bicyclic) bond motifs is 9. The van der Waals surface area contributed by atoms with Crippen LogP contribution in [0.1, 0.15) is 25.0 Å². The molecule has 9 aromatic carbocycles. The smallest absolute Gasteiger partial charge is 0.143 e. The summed E-state index contributed by atoms with van der Waals surface area (Å²) >= 11 is 1.88. The van der Waals surface area contributed by atoms with Crippen LogP contribution < -0.4 is 4.90 Å². The lowest BCUT2D eigenvalue weighted by Crippen LogP contribution is -2.16. The third-order valence-corrected chi connectivity index (χ3v) is 13.9. The molecule has 0 fully saturated rings. The molecule has 0 amide bonds. The zero-order valence-electron chi connectivity index (χ0n) is 33.3. The van der Waals surface area contributed by atoms with Crippen molar-refractivity contribution in [2.75, 3.05) is 4.90 Å². The molecular formula is C57H39NOS. The van der Waals surface area contributed by atoms with Gasteiger partial charge in [0.2, 0.25) is 0 Å². The Morgan fingerprint density at radius 2 is 1.00 bits per heavy atom. The van der Waals surface area contributed by atoms with Crippen LogP contribution in [-0.2, 0) is 5.41 Å². The van der Waals surface area contributed by atoms with Crippen LogP contribution in [0.3, 0.4) is 0 Å². The van der Waals surface area contributed by atoms with Crippen molar-refractivity contribution in [1.29, 1.82) is 0 Å². The number of anilines is 3. The maximum absolute atomic E-state index is 6.46. The van der Waals surface area contributed by atoms with Crippen molar-refractivity contribution in [2.45, 2.75) is 19.3 Å². The lowest BCUT2D eigenvalue weighted by Gasteiger charge is -2.28. The predicted molar refractivity (Wildman–Crippen MR) is 255 cm³/mol. The highest BCUT2D eigenvalue weighted by molar-refractivity contribution is 7.26. The number of thiophene rings is 1. The second-order valence-electron chi connectivity index (χ2n) is 16.4. The molecule has 2 heterocycles. The van der Waals surface area contributed by atoms with Crippen LogP contribution in [0, 0.1) is 0 Å². The van der Waals surface area contributed by atoms with Crippen molar-refractivity contribution in [3.05, 3.63) is 211 Å². The van der Waals surface area contributed by atoms with E-state index in [2.05, 4.69) is 207 Å². The summed E-state index contributed by atoms with van der Waals surface area (Å²) in [5.74, 6) is 0. The normalized spacial score (nSPS) is 13.0. The van der Waals surface area contributed by atoms with E-state index in [0.29, 0.717) is 0 Å². The van der Waals surface area contributed by atoms with Gasteiger partial charge in [-0.3, -0.25) is 0 Å². The monoisotopic (exact) mass is 785 g/mol. The van der Waals surface area contributed by atoms with E-state index in [1.807, 2.05) is 23.5 Å². The number of hydrogen-bond acceptors (Lipinski definition) is 3. The summed E-state index contributed by atoms with van der Waals surface area (Å²) in [7, 11) is 0. The Morgan fingerprint density at radius 3 is 1.78 bits per heavy atom. The van der Waals surface area contributed by atoms with E-state index in [4.69, 9.17) is 4.42 Å². The zero-order valence-corrected chi connectivity index (χ0v) is 34.1. The van der Waals surface area contributed by atoms with Gasteiger partial charge < -0.3 is 9.32 Å². The number of hydrogen-bond donors (Lipinski definition) is 0. The summed E-state index contributed by atoms with van der Waals surface area (Å²) in [6.07, 6.45) is 0. The molecule has 2 nitrogen and oxygen atoms in total. The molecule has 284 valence electrons. The van der Waals surface area contributed by atoms with Gasteiger partial charge in [0, 0.05) is 59.0 Å². The molecule has 0 saturated carbocycles. The maximum atomic E-state index is 6.46. The molecule has 60 heavy (non-hydrogen) atoms. The third kappa shape index (κ3) is 5.33. The Bertz CT molecular complexity index is 3290. The van der Waals surface area contributed by atoms with Crippen molar-refractivity contribution < 1.29 is 4.42 Å². The number of benzene rings is 9. The molecule has 0 aliphatic heterocycles. The highest BCUT2D eigenvalue weighted by atomic mass is 32.1. The van der Waals surface area contributed by atoms with Crippen molar-refractivity contribution in [3.8, 4) is 44.5 Å².